The molecule has 0 aliphatic rings. The summed E-state index contributed by atoms with van der Waals surface area (Å²) >= 11 is 4.18. The van der Waals surface area contributed by atoms with Gasteiger partial charge in [0.05, 0.1) is 15.2 Å². The second-order valence-corrected chi connectivity index (χ2v) is 6.89. The van der Waals surface area contributed by atoms with Crippen LogP contribution in [-0.4, -0.2) is 10.0 Å². The lowest BCUT2D eigenvalue weighted by molar-refractivity contribution is -0.387. The second kappa shape index (κ2) is 5.18. The van der Waals surface area contributed by atoms with Crippen molar-refractivity contribution in [1.29, 1.82) is 0 Å². The molecule has 0 saturated carbocycles. The van der Waals surface area contributed by atoms with Crippen LogP contribution in [0.4, 0.5) is 5.69 Å². The Balaban J connectivity index is 2.34. The third kappa shape index (κ3) is 2.86. The number of hydrogen-bond donors (Lipinski definition) is 1. The maximum atomic E-state index is 10.9. The van der Waals surface area contributed by atoms with Crippen LogP contribution in [0.2, 0.25) is 0 Å². The van der Waals surface area contributed by atoms with Gasteiger partial charge in [-0.05, 0) is 18.4 Å². The highest BCUT2D eigenvalue weighted by Gasteiger charge is 2.21. The van der Waals surface area contributed by atoms with Crippen LogP contribution in [0.15, 0.2) is 32.0 Å². The predicted molar refractivity (Wildman–Crippen MR) is 70.0 cm³/mol. The van der Waals surface area contributed by atoms with Crippen LogP contribution in [0, 0.1) is 10.1 Å². The van der Waals surface area contributed by atoms with Crippen molar-refractivity contribution in [3.63, 3.8) is 0 Å². The Morgan fingerprint density at radius 1 is 1.59 bits per heavy atom. The summed E-state index contributed by atoms with van der Waals surface area (Å²) in [6, 6.07) is 5.27. The van der Waals surface area contributed by atoms with Gasteiger partial charge in [0.15, 0.2) is 0 Å². The van der Waals surface area contributed by atoms with Crippen LogP contribution in [0.1, 0.15) is 17.9 Å². The van der Waals surface area contributed by atoms with Crippen LogP contribution >= 0.6 is 34.4 Å². The van der Waals surface area contributed by atoms with E-state index in [0.717, 1.165) is 4.21 Å². The molecule has 1 atom stereocenters. The topological polar surface area (TPSA) is 63.4 Å². The molecule has 4 nitrogen and oxygen atoms in total. The van der Waals surface area contributed by atoms with Gasteiger partial charge in [-0.3, -0.25) is 10.1 Å². The number of nitrogens with zero attached hydrogens (tertiary/aromatic N) is 1. The molecular weight excluding hydrogens is 278 g/mol. The maximum absolute atomic E-state index is 10.9. The van der Waals surface area contributed by atoms with Gasteiger partial charge in [-0.1, -0.05) is 17.8 Å². The zero-order valence-corrected chi connectivity index (χ0v) is 11.3. The van der Waals surface area contributed by atoms with Gasteiger partial charge >= 0.3 is 0 Å². The molecule has 7 heteroatoms. The van der Waals surface area contributed by atoms with E-state index < -0.39 is 11.0 Å². The van der Waals surface area contributed by atoms with E-state index in [0.29, 0.717) is 9.09 Å². The van der Waals surface area contributed by atoms with E-state index in [2.05, 4.69) is 0 Å². The molecule has 0 radical (unpaired) electrons. The minimum atomic E-state index is -0.670. The quantitative estimate of drug-likeness (QED) is 0.683. The predicted octanol–water partition coefficient (Wildman–Crippen LogP) is 3.92. The molecule has 0 aromatic carbocycles. The summed E-state index contributed by atoms with van der Waals surface area (Å²) in [4.78, 5) is 11.1. The average molecular weight is 287 g/mol. The van der Waals surface area contributed by atoms with Crippen molar-refractivity contribution < 1.29 is 10.0 Å². The van der Waals surface area contributed by atoms with Crippen LogP contribution in [-0.2, 0) is 0 Å². The lowest BCUT2D eigenvalue weighted by atomic mass is 10.3. The Bertz CT molecular complexity index is 519. The maximum Gasteiger partial charge on any atom is 0.294 e. The summed E-state index contributed by atoms with van der Waals surface area (Å²) in [5, 5.41) is 22.3. The molecule has 2 heterocycles. The first-order chi connectivity index (χ1) is 8.08. The molecule has 0 amide bonds. The van der Waals surface area contributed by atoms with Crippen molar-refractivity contribution in [2.45, 2.75) is 21.4 Å². The second-order valence-electron chi connectivity index (χ2n) is 3.29. The van der Waals surface area contributed by atoms with Gasteiger partial charge in [0.1, 0.15) is 4.21 Å². The normalized spacial score (nSPS) is 12.6. The molecule has 0 fully saturated rings. The monoisotopic (exact) mass is 287 g/mol. The largest absolute Gasteiger partial charge is 0.388 e. The first-order valence-corrected chi connectivity index (χ1v) is 7.26. The Kier molecular flexibility index (Phi) is 3.82. The summed E-state index contributed by atoms with van der Waals surface area (Å²) in [6.45, 7) is 1.61. The fourth-order valence-corrected chi connectivity index (χ4v) is 4.50. The summed E-state index contributed by atoms with van der Waals surface area (Å²) < 4.78 is 1.63. The van der Waals surface area contributed by atoms with Crippen LogP contribution < -0.4 is 0 Å². The van der Waals surface area contributed by atoms with Crippen LogP contribution in [0.5, 0.6) is 0 Å². The first-order valence-electron chi connectivity index (χ1n) is 4.75. The zero-order chi connectivity index (χ0) is 12.4. The highest BCUT2D eigenvalue weighted by atomic mass is 32.2. The van der Waals surface area contributed by atoms with Gasteiger partial charge < -0.3 is 5.11 Å². The first kappa shape index (κ1) is 12.6. The Morgan fingerprint density at radius 2 is 2.35 bits per heavy atom. The molecule has 0 aliphatic heterocycles. The van der Waals surface area contributed by atoms with Gasteiger partial charge in [-0.25, -0.2) is 0 Å². The minimum absolute atomic E-state index is 0.0734. The number of aliphatic hydroxyl groups is 1. The SMILES string of the molecule is CC(O)c1cc([N+](=O)[O-])c(Sc2cccs2)s1. The molecule has 2 aromatic rings. The molecule has 1 N–H and O–H groups in total. The summed E-state index contributed by atoms with van der Waals surface area (Å²) in [7, 11) is 0. The lowest BCUT2D eigenvalue weighted by Crippen LogP contribution is -1.87. The van der Waals surface area contributed by atoms with Crippen molar-refractivity contribution in [1.82, 2.24) is 0 Å². The third-order valence-electron chi connectivity index (χ3n) is 2.00. The van der Waals surface area contributed by atoms with E-state index >= 15 is 0 Å². The van der Waals surface area contributed by atoms with E-state index in [-0.39, 0.29) is 5.69 Å². The van der Waals surface area contributed by atoms with Crippen molar-refractivity contribution in [3.05, 3.63) is 38.6 Å². The van der Waals surface area contributed by atoms with E-state index in [1.165, 1.54) is 29.2 Å². The average Bonchev–Trinajstić information content (AvgIpc) is 2.87. The lowest BCUT2D eigenvalue weighted by Gasteiger charge is -1.96. The number of nitro groups is 1. The molecule has 0 saturated heterocycles. The van der Waals surface area contributed by atoms with Crippen molar-refractivity contribution in [2.75, 3.05) is 0 Å². The Hall–Kier alpha value is -0.890. The third-order valence-corrected chi connectivity index (χ3v) is 5.52. The minimum Gasteiger partial charge on any atom is -0.388 e. The number of aliphatic hydroxyl groups excluding tert-OH is 1. The smallest absolute Gasteiger partial charge is 0.294 e. The highest BCUT2D eigenvalue weighted by molar-refractivity contribution is 8.03. The van der Waals surface area contributed by atoms with Gasteiger partial charge in [0.2, 0.25) is 0 Å². The Morgan fingerprint density at radius 3 is 2.88 bits per heavy atom. The molecule has 2 rings (SSSR count). The van der Waals surface area contributed by atoms with E-state index in [4.69, 9.17) is 0 Å². The van der Waals surface area contributed by atoms with Crippen LogP contribution in [0.25, 0.3) is 0 Å². The van der Waals surface area contributed by atoms with Crippen molar-refractivity contribution in [3.8, 4) is 0 Å². The van der Waals surface area contributed by atoms with Gasteiger partial charge in [0, 0.05) is 10.9 Å². The fourth-order valence-electron chi connectivity index (χ4n) is 1.20. The van der Waals surface area contributed by atoms with Crippen molar-refractivity contribution in [2.24, 2.45) is 0 Å². The van der Waals surface area contributed by atoms with Gasteiger partial charge in [0.25, 0.3) is 5.69 Å². The fraction of sp³-hybridized carbons (Fsp3) is 0.200. The molecule has 2 aromatic heterocycles. The van der Waals surface area contributed by atoms with Crippen molar-refractivity contribution >= 4 is 40.1 Å². The van der Waals surface area contributed by atoms with Gasteiger partial charge in [-0.15, -0.1) is 22.7 Å². The molecule has 0 aliphatic carbocycles. The molecule has 0 bridgehead atoms. The number of hydrogen-bond acceptors (Lipinski definition) is 6. The van der Waals surface area contributed by atoms with E-state index in [1.54, 1.807) is 18.3 Å². The zero-order valence-electron chi connectivity index (χ0n) is 8.82. The highest BCUT2D eigenvalue weighted by Crippen LogP contribution is 2.44. The molecule has 0 spiro atoms. The molecular formula is C10H9NO3S3. The van der Waals surface area contributed by atoms with E-state index in [9.17, 15) is 15.2 Å². The van der Waals surface area contributed by atoms with Gasteiger partial charge in [-0.2, -0.15) is 0 Å². The molecule has 90 valence electrons. The van der Waals surface area contributed by atoms with Crippen LogP contribution in [0.3, 0.4) is 0 Å². The standard InChI is InChI=1S/C10H9NO3S3/c1-6(12)8-5-7(11(13)14)10(16-8)17-9-3-2-4-15-9/h2-6,12H,1H3. The van der Waals surface area contributed by atoms with E-state index in [1.807, 2.05) is 17.5 Å². The molecule has 1 unspecified atom stereocenters. The number of rotatable bonds is 4. The summed E-state index contributed by atoms with van der Waals surface area (Å²) in [5.41, 5.74) is 0.0734. The number of thiophene rings is 2. The Labute approximate surface area is 110 Å². The molecule has 17 heavy (non-hydrogen) atoms. The summed E-state index contributed by atoms with van der Waals surface area (Å²) in [6.07, 6.45) is -0.670. The summed E-state index contributed by atoms with van der Waals surface area (Å²) in [5.74, 6) is 0.